The van der Waals surface area contributed by atoms with Crippen LogP contribution in [0.4, 0.5) is 10.2 Å². The van der Waals surface area contributed by atoms with E-state index in [-0.39, 0.29) is 16.8 Å². The van der Waals surface area contributed by atoms with E-state index >= 15 is 0 Å². The van der Waals surface area contributed by atoms with Gasteiger partial charge in [0.05, 0.1) is 11.4 Å². The number of aromatic nitrogens is 2. The molecule has 7 heteroatoms. The van der Waals surface area contributed by atoms with Crippen LogP contribution in [0.25, 0.3) is 0 Å². The second-order valence-electron chi connectivity index (χ2n) is 6.26. The second kappa shape index (κ2) is 8.25. The van der Waals surface area contributed by atoms with Crippen molar-refractivity contribution in [2.24, 2.45) is 5.92 Å². The van der Waals surface area contributed by atoms with Gasteiger partial charge >= 0.3 is 0 Å². The highest BCUT2D eigenvalue weighted by atomic mass is 35.5. The van der Waals surface area contributed by atoms with Gasteiger partial charge in [0, 0.05) is 38.2 Å². The lowest BCUT2D eigenvalue weighted by Gasteiger charge is -2.33. The van der Waals surface area contributed by atoms with Gasteiger partial charge < -0.3 is 10.2 Å². The monoisotopic (exact) mass is 362 g/mol. The number of pyridine rings is 2. The van der Waals surface area contributed by atoms with E-state index < -0.39 is 5.82 Å². The summed E-state index contributed by atoms with van der Waals surface area (Å²) < 4.78 is 14.1. The van der Waals surface area contributed by atoms with Gasteiger partial charge in [0.2, 0.25) is 5.91 Å². The fraction of sp³-hybridized carbons (Fsp3) is 0.389. The lowest BCUT2D eigenvalue weighted by atomic mass is 9.98. The number of nitrogens with one attached hydrogen (secondary N) is 1. The summed E-state index contributed by atoms with van der Waals surface area (Å²) in [5.41, 5.74) is 0.887. The van der Waals surface area contributed by atoms with Crippen molar-refractivity contribution in [3.63, 3.8) is 0 Å². The lowest BCUT2D eigenvalue weighted by Crippen LogP contribution is -2.42. The topological polar surface area (TPSA) is 58.1 Å². The van der Waals surface area contributed by atoms with Crippen LogP contribution in [0.1, 0.15) is 18.4 Å². The summed E-state index contributed by atoms with van der Waals surface area (Å²) in [4.78, 5) is 22.1. The summed E-state index contributed by atoms with van der Waals surface area (Å²) in [6, 6.07) is 4.97. The van der Waals surface area contributed by atoms with E-state index in [1.165, 1.54) is 12.3 Å². The van der Waals surface area contributed by atoms with Gasteiger partial charge in [-0.2, -0.15) is 0 Å². The van der Waals surface area contributed by atoms with Crippen LogP contribution in [0.3, 0.4) is 0 Å². The molecular formula is C18H20ClFN4O. The zero-order valence-electron chi connectivity index (χ0n) is 13.8. The maximum absolute atomic E-state index is 14.1. The molecule has 0 aromatic carbocycles. The Kier molecular flexibility index (Phi) is 5.81. The van der Waals surface area contributed by atoms with E-state index in [0.717, 1.165) is 24.9 Å². The third-order valence-corrected chi connectivity index (χ3v) is 4.49. The number of rotatable bonds is 5. The molecule has 3 rings (SSSR count). The molecule has 25 heavy (non-hydrogen) atoms. The average molecular weight is 363 g/mol. The molecule has 1 aliphatic rings. The Labute approximate surface area is 151 Å². The molecule has 132 valence electrons. The summed E-state index contributed by atoms with van der Waals surface area (Å²) in [5, 5.41) is 3.26. The number of hydrogen-bond donors (Lipinski definition) is 1. The largest absolute Gasteiger partial charge is 0.355 e. The first kappa shape index (κ1) is 17.6. The van der Waals surface area contributed by atoms with Gasteiger partial charge in [-0.15, -0.1) is 0 Å². The van der Waals surface area contributed by atoms with Gasteiger partial charge in [0.15, 0.2) is 11.6 Å². The molecule has 0 radical (unpaired) electrons. The van der Waals surface area contributed by atoms with Crippen molar-refractivity contribution in [1.82, 2.24) is 15.3 Å². The van der Waals surface area contributed by atoms with Crippen LogP contribution in [-0.2, 0) is 11.2 Å². The number of carbonyl (C=O) groups is 1. The summed E-state index contributed by atoms with van der Waals surface area (Å²) in [6.07, 6.45) is 7.08. The number of hydrogen-bond acceptors (Lipinski definition) is 4. The summed E-state index contributed by atoms with van der Waals surface area (Å²) in [5.74, 6) is 0.161. The molecule has 1 saturated heterocycles. The maximum atomic E-state index is 14.1. The van der Waals surface area contributed by atoms with Crippen LogP contribution in [0.15, 0.2) is 36.8 Å². The predicted molar refractivity (Wildman–Crippen MR) is 95.1 cm³/mol. The molecule has 0 saturated carbocycles. The smallest absolute Gasteiger partial charge is 0.224 e. The predicted octanol–water partition coefficient (Wildman–Crippen LogP) is 2.84. The van der Waals surface area contributed by atoms with Crippen LogP contribution in [-0.4, -0.2) is 35.5 Å². The third-order valence-electron chi connectivity index (χ3n) is 4.28. The summed E-state index contributed by atoms with van der Waals surface area (Å²) >= 11 is 5.76. The molecule has 0 aliphatic carbocycles. The van der Waals surface area contributed by atoms with Gasteiger partial charge in [-0.3, -0.25) is 9.78 Å². The maximum Gasteiger partial charge on any atom is 0.224 e. The first-order valence-electron chi connectivity index (χ1n) is 8.33. The van der Waals surface area contributed by atoms with E-state index in [2.05, 4.69) is 15.3 Å². The van der Waals surface area contributed by atoms with Gasteiger partial charge in [0.25, 0.3) is 0 Å². The fourth-order valence-electron chi connectivity index (χ4n) is 3.07. The van der Waals surface area contributed by atoms with E-state index in [4.69, 9.17) is 11.6 Å². The number of piperidine rings is 1. The van der Waals surface area contributed by atoms with E-state index in [1.54, 1.807) is 12.4 Å². The van der Waals surface area contributed by atoms with Crippen molar-refractivity contribution in [2.75, 3.05) is 24.5 Å². The Morgan fingerprint density at radius 3 is 3.08 bits per heavy atom. The highest BCUT2D eigenvalue weighted by Crippen LogP contribution is 2.25. The molecule has 2 aromatic heterocycles. The van der Waals surface area contributed by atoms with Crippen LogP contribution >= 0.6 is 11.6 Å². The molecule has 5 nitrogen and oxygen atoms in total. The van der Waals surface area contributed by atoms with Crippen molar-refractivity contribution in [3.8, 4) is 0 Å². The SMILES string of the molecule is O=C(Cc1cccnc1)NCC1CCCN(c2ncc(Cl)cc2F)C1. The average Bonchev–Trinajstić information content (AvgIpc) is 2.61. The van der Waals surface area contributed by atoms with Crippen molar-refractivity contribution in [3.05, 3.63) is 53.2 Å². The van der Waals surface area contributed by atoms with Crippen LogP contribution < -0.4 is 10.2 Å². The van der Waals surface area contributed by atoms with Crippen molar-refractivity contribution in [1.29, 1.82) is 0 Å². The van der Waals surface area contributed by atoms with Gasteiger partial charge in [-0.25, -0.2) is 9.37 Å². The van der Waals surface area contributed by atoms with Crippen LogP contribution in [0.5, 0.6) is 0 Å². The zero-order valence-corrected chi connectivity index (χ0v) is 14.5. The van der Waals surface area contributed by atoms with Gasteiger partial charge in [0.1, 0.15) is 0 Å². The number of nitrogens with zero attached hydrogens (tertiary/aromatic N) is 3. The fourth-order valence-corrected chi connectivity index (χ4v) is 3.22. The molecular weight excluding hydrogens is 343 g/mol. The van der Waals surface area contributed by atoms with Crippen LogP contribution in [0, 0.1) is 11.7 Å². The highest BCUT2D eigenvalue weighted by molar-refractivity contribution is 6.30. The minimum atomic E-state index is -0.409. The number of carbonyl (C=O) groups excluding carboxylic acids is 1. The highest BCUT2D eigenvalue weighted by Gasteiger charge is 2.23. The molecule has 0 bridgehead atoms. The molecule has 0 spiro atoms. The number of anilines is 1. The molecule has 1 atom stereocenters. The van der Waals surface area contributed by atoms with Gasteiger partial charge in [-0.1, -0.05) is 17.7 Å². The lowest BCUT2D eigenvalue weighted by molar-refractivity contribution is -0.120. The first-order chi connectivity index (χ1) is 12.1. The summed E-state index contributed by atoms with van der Waals surface area (Å²) in [7, 11) is 0. The molecule has 1 amide bonds. The molecule has 1 unspecified atom stereocenters. The zero-order chi connectivity index (χ0) is 17.6. The van der Waals surface area contributed by atoms with E-state index in [9.17, 15) is 9.18 Å². The molecule has 1 aliphatic heterocycles. The quantitative estimate of drug-likeness (QED) is 0.888. The summed E-state index contributed by atoms with van der Waals surface area (Å²) in [6.45, 7) is 2.00. The van der Waals surface area contributed by atoms with Gasteiger partial charge in [-0.05, 0) is 36.5 Å². The Balaban J connectivity index is 1.52. The molecule has 1 N–H and O–H groups in total. The minimum Gasteiger partial charge on any atom is -0.355 e. The Hall–Kier alpha value is -2.21. The Morgan fingerprint density at radius 2 is 2.32 bits per heavy atom. The second-order valence-corrected chi connectivity index (χ2v) is 6.69. The third kappa shape index (κ3) is 4.89. The number of halogens is 2. The minimum absolute atomic E-state index is 0.0269. The van der Waals surface area contributed by atoms with Crippen molar-refractivity contribution in [2.45, 2.75) is 19.3 Å². The van der Waals surface area contributed by atoms with E-state index in [1.807, 2.05) is 17.0 Å². The molecule has 3 heterocycles. The number of amides is 1. The first-order valence-corrected chi connectivity index (χ1v) is 8.71. The Bertz CT molecular complexity index is 728. The normalized spacial score (nSPS) is 17.4. The van der Waals surface area contributed by atoms with Crippen molar-refractivity contribution < 1.29 is 9.18 Å². The molecule has 2 aromatic rings. The van der Waals surface area contributed by atoms with E-state index in [0.29, 0.717) is 25.3 Å². The van der Waals surface area contributed by atoms with Crippen molar-refractivity contribution >= 4 is 23.3 Å². The Morgan fingerprint density at radius 1 is 1.44 bits per heavy atom. The molecule has 1 fully saturated rings. The standard InChI is InChI=1S/C18H20ClFN4O/c19-15-8-16(20)18(23-11-15)24-6-2-4-14(12-24)10-22-17(25)7-13-3-1-5-21-9-13/h1,3,5,8-9,11,14H,2,4,6-7,10,12H2,(H,22,25). The van der Waals surface area contributed by atoms with Crippen LogP contribution in [0.2, 0.25) is 5.02 Å².